The van der Waals surface area contributed by atoms with Crippen LogP contribution in [-0.2, 0) is 18.9 Å². The summed E-state index contributed by atoms with van der Waals surface area (Å²) >= 11 is 0. The van der Waals surface area contributed by atoms with Gasteiger partial charge < -0.3 is 28.7 Å². The standard InChI is InChI=1S/C43H36F6N10O6/c1-23(60)30(59-40(43(47,48)49)27(19-55-59)38-34(29-14-16-51-22-53-29)36(57-65-38)25-10-6-8-12-32(25)63-4)17-41(2,61)20-58-39(42(44,45)46)26(18-54-58)37-33(28-13-15-50-21-52-28)35(56-64-37)24-9-5-7-11-31(24)62-3/h5-16,18-19,21-23,30,60-61H,17,20H2,1-4H3/t23-,30?,41?/m1/s1. The highest BCUT2D eigenvalue weighted by atomic mass is 19.4. The van der Waals surface area contributed by atoms with Crippen molar-refractivity contribution in [3.05, 3.63) is 109 Å². The van der Waals surface area contributed by atoms with Crippen LogP contribution < -0.4 is 9.47 Å². The number of ether oxygens (including phenoxy) is 2. The fourth-order valence-electron chi connectivity index (χ4n) is 7.68. The number of alkyl halides is 6. The van der Waals surface area contributed by atoms with Gasteiger partial charge in [-0.15, -0.1) is 0 Å². The van der Waals surface area contributed by atoms with Crippen LogP contribution >= 0.6 is 0 Å². The molecule has 8 aromatic rings. The molecule has 22 heteroatoms. The van der Waals surface area contributed by atoms with Gasteiger partial charge in [-0.1, -0.05) is 34.6 Å². The first-order chi connectivity index (χ1) is 31.0. The monoisotopic (exact) mass is 902 g/mol. The number of aromatic nitrogens is 10. The topological polar surface area (TPSA) is 198 Å². The van der Waals surface area contributed by atoms with Crippen LogP contribution in [0.3, 0.4) is 0 Å². The van der Waals surface area contributed by atoms with Gasteiger partial charge in [0.2, 0.25) is 0 Å². The van der Waals surface area contributed by atoms with Crippen LogP contribution in [0.5, 0.6) is 11.5 Å². The molecule has 2 aromatic carbocycles. The first-order valence-corrected chi connectivity index (χ1v) is 19.5. The van der Waals surface area contributed by atoms with Crippen LogP contribution in [-0.4, -0.2) is 85.9 Å². The van der Waals surface area contributed by atoms with Crippen molar-refractivity contribution in [1.82, 2.24) is 49.8 Å². The molecule has 6 heterocycles. The average molecular weight is 903 g/mol. The van der Waals surface area contributed by atoms with Gasteiger partial charge in [0.15, 0.2) is 22.9 Å². The lowest BCUT2D eigenvalue weighted by Gasteiger charge is -2.32. The third-order valence-electron chi connectivity index (χ3n) is 10.5. The molecule has 0 aliphatic heterocycles. The summed E-state index contributed by atoms with van der Waals surface area (Å²) in [5.74, 6) is -0.124. The van der Waals surface area contributed by atoms with E-state index >= 15 is 26.3 Å². The number of nitrogens with zero attached hydrogens (tertiary/aromatic N) is 10. The summed E-state index contributed by atoms with van der Waals surface area (Å²) in [6.07, 6.45) is -5.90. The smallest absolute Gasteiger partial charge is 0.433 e. The lowest BCUT2D eigenvalue weighted by atomic mass is 9.93. The van der Waals surface area contributed by atoms with Gasteiger partial charge in [-0.25, -0.2) is 19.9 Å². The number of rotatable bonds is 14. The van der Waals surface area contributed by atoms with Crippen LogP contribution in [0.1, 0.15) is 37.7 Å². The Kier molecular flexibility index (Phi) is 11.7. The molecule has 0 aliphatic carbocycles. The Morgan fingerprint density at radius 1 is 0.677 bits per heavy atom. The summed E-state index contributed by atoms with van der Waals surface area (Å²) in [4.78, 5) is 16.3. The van der Waals surface area contributed by atoms with E-state index in [0.29, 0.717) is 32.0 Å². The summed E-state index contributed by atoms with van der Waals surface area (Å²) in [6.45, 7) is 1.33. The van der Waals surface area contributed by atoms with E-state index in [4.69, 9.17) is 18.5 Å². The average Bonchev–Trinajstić information content (AvgIpc) is 4.10. The van der Waals surface area contributed by atoms with Crippen LogP contribution in [0.4, 0.5) is 26.3 Å². The van der Waals surface area contributed by atoms with E-state index in [9.17, 15) is 10.2 Å². The van der Waals surface area contributed by atoms with Crippen molar-refractivity contribution in [2.24, 2.45) is 0 Å². The lowest BCUT2D eigenvalue weighted by Crippen LogP contribution is -2.39. The van der Waals surface area contributed by atoms with Crippen molar-refractivity contribution < 1.29 is 55.1 Å². The molecule has 0 saturated carbocycles. The zero-order chi connectivity index (χ0) is 46.3. The normalized spacial score (nSPS) is 14.0. The van der Waals surface area contributed by atoms with Crippen LogP contribution in [0, 0.1) is 0 Å². The maximum atomic E-state index is 15.4. The van der Waals surface area contributed by atoms with E-state index in [1.165, 1.54) is 51.4 Å². The second-order valence-electron chi connectivity index (χ2n) is 15.0. The molecule has 0 radical (unpaired) electrons. The molecular formula is C43H36F6N10O6. The number of hydrogen-bond donors (Lipinski definition) is 2. The molecule has 65 heavy (non-hydrogen) atoms. The Hall–Kier alpha value is -7.46. The zero-order valence-corrected chi connectivity index (χ0v) is 34.6. The van der Waals surface area contributed by atoms with Gasteiger partial charge in [0, 0.05) is 29.9 Å². The number of hydrogen-bond acceptors (Lipinski definition) is 14. The molecule has 16 nitrogen and oxygen atoms in total. The summed E-state index contributed by atoms with van der Waals surface area (Å²) in [5, 5.41) is 39.2. The zero-order valence-electron chi connectivity index (χ0n) is 34.6. The molecule has 0 bridgehead atoms. The van der Waals surface area contributed by atoms with Gasteiger partial charge in [0.25, 0.3) is 0 Å². The van der Waals surface area contributed by atoms with Crippen LogP contribution in [0.25, 0.3) is 67.7 Å². The Balaban J connectivity index is 1.20. The molecular weight excluding hydrogens is 867 g/mol. The van der Waals surface area contributed by atoms with E-state index in [-0.39, 0.29) is 39.7 Å². The van der Waals surface area contributed by atoms with Crippen molar-refractivity contribution in [1.29, 1.82) is 0 Å². The first-order valence-electron chi connectivity index (χ1n) is 19.5. The first kappa shape index (κ1) is 44.2. The molecule has 3 atom stereocenters. The Bertz CT molecular complexity index is 2930. The predicted octanol–water partition coefficient (Wildman–Crippen LogP) is 8.46. The van der Waals surface area contributed by atoms with Crippen molar-refractivity contribution in [3.8, 4) is 79.2 Å². The molecule has 0 spiro atoms. The van der Waals surface area contributed by atoms with Crippen LogP contribution in [0.2, 0.25) is 0 Å². The number of methoxy groups -OCH3 is 2. The number of halogens is 6. The summed E-state index contributed by atoms with van der Waals surface area (Å²) < 4.78 is 115. The molecule has 2 unspecified atom stereocenters. The molecule has 0 amide bonds. The fraction of sp³-hybridized carbons (Fsp3) is 0.256. The molecule has 0 saturated heterocycles. The van der Waals surface area contributed by atoms with Gasteiger partial charge in [-0.2, -0.15) is 36.5 Å². The van der Waals surface area contributed by atoms with Crippen molar-refractivity contribution >= 4 is 0 Å². The van der Waals surface area contributed by atoms with E-state index in [2.05, 4.69) is 40.4 Å². The summed E-state index contributed by atoms with van der Waals surface area (Å²) in [6, 6.07) is 14.4. The highest BCUT2D eigenvalue weighted by Gasteiger charge is 2.46. The minimum absolute atomic E-state index is 0.0290. The second-order valence-corrected chi connectivity index (χ2v) is 15.0. The van der Waals surface area contributed by atoms with Crippen molar-refractivity contribution in [2.45, 2.75) is 56.9 Å². The highest BCUT2D eigenvalue weighted by molar-refractivity contribution is 5.92. The molecule has 336 valence electrons. The molecule has 8 rings (SSSR count). The Morgan fingerprint density at radius 2 is 1.15 bits per heavy atom. The Morgan fingerprint density at radius 3 is 1.60 bits per heavy atom. The molecule has 0 aliphatic rings. The molecule has 6 aromatic heterocycles. The van der Waals surface area contributed by atoms with Gasteiger partial charge >= 0.3 is 12.4 Å². The van der Waals surface area contributed by atoms with Crippen molar-refractivity contribution in [3.63, 3.8) is 0 Å². The van der Waals surface area contributed by atoms with Gasteiger partial charge in [-0.3, -0.25) is 9.36 Å². The number of para-hydroxylation sites is 2. The fourth-order valence-corrected chi connectivity index (χ4v) is 7.68. The maximum absolute atomic E-state index is 15.4. The molecule has 0 fully saturated rings. The summed E-state index contributed by atoms with van der Waals surface area (Å²) in [7, 11) is 2.82. The number of benzene rings is 2. The van der Waals surface area contributed by atoms with E-state index in [1.807, 2.05) is 0 Å². The predicted molar refractivity (Wildman–Crippen MR) is 217 cm³/mol. The Labute approximate surface area is 364 Å². The second kappa shape index (κ2) is 17.3. The van der Waals surface area contributed by atoms with E-state index in [1.54, 1.807) is 48.5 Å². The van der Waals surface area contributed by atoms with Crippen LogP contribution in [0.15, 0.2) is 107 Å². The van der Waals surface area contributed by atoms with E-state index in [0.717, 1.165) is 26.2 Å². The minimum atomic E-state index is -5.19. The summed E-state index contributed by atoms with van der Waals surface area (Å²) in [5.41, 5.74) is -5.02. The van der Waals surface area contributed by atoms with E-state index < -0.39 is 71.3 Å². The minimum Gasteiger partial charge on any atom is -0.496 e. The highest BCUT2D eigenvalue weighted by Crippen LogP contribution is 2.48. The SMILES string of the molecule is COc1ccccc1-c1noc(-c2cnn(CC(C)(O)CC([C@@H](C)O)n3ncc(-c4onc(-c5ccccc5OC)c4-c4ccncn4)c3C(F)(F)F)c2C(F)(F)F)c1-c1ccncn1. The molecule has 2 N–H and O–H groups in total. The lowest BCUT2D eigenvalue weighted by molar-refractivity contribution is -0.148. The van der Waals surface area contributed by atoms with Gasteiger partial charge in [-0.05, 0) is 50.2 Å². The number of aliphatic hydroxyl groups excluding tert-OH is 1. The van der Waals surface area contributed by atoms with Crippen molar-refractivity contribution in [2.75, 3.05) is 14.2 Å². The largest absolute Gasteiger partial charge is 0.496 e. The third-order valence-corrected chi connectivity index (χ3v) is 10.5. The van der Waals surface area contributed by atoms with Gasteiger partial charge in [0.1, 0.15) is 35.5 Å². The third kappa shape index (κ3) is 8.52. The number of aliphatic hydroxyl groups is 2. The quantitative estimate of drug-likeness (QED) is 0.0986. The maximum Gasteiger partial charge on any atom is 0.433 e. The van der Waals surface area contributed by atoms with Gasteiger partial charge in [0.05, 0.1) is 84.5 Å².